The van der Waals surface area contributed by atoms with Crippen LogP contribution in [-0.4, -0.2) is 65.5 Å². The van der Waals surface area contributed by atoms with Crippen molar-refractivity contribution in [2.75, 3.05) is 44.2 Å². The molecule has 3 rings (SSSR count). The predicted octanol–water partition coefficient (Wildman–Crippen LogP) is 2.54. The van der Waals surface area contributed by atoms with Gasteiger partial charge in [-0.2, -0.15) is 11.8 Å². The zero-order chi connectivity index (χ0) is 15.3. The van der Waals surface area contributed by atoms with E-state index in [1.807, 2.05) is 0 Å². The van der Waals surface area contributed by atoms with Crippen LogP contribution in [0.1, 0.15) is 51.4 Å². The third kappa shape index (κ3) is 3.91. The third-order valence-electron chi connectivity index (χ3n) is 5.68. The van der Waals surface area contributed by atoms with Crippen LogP contribution in [0.15, 0.2) is 4.99 Å². The number of nitrogens with zero attached hydrogens (tertiary/aromatic N) is 3. The summed E-state index contributed by atoms with van der Waals surface area (Å²) >= 11 is 2.10. The molecular formula is C17H32N4S. The van der Waals surface area contributed by atoms with Crippen LogP contribution in [0, 0.1) is 0 Å². The Labute approximate surface area is 139 Å². The van der Waals surface area contributed by atoms with Crippen LogP contribution in [0.2, 0.25) is 0 Å². The summed E-state index contributed by atoms with van der Waals surface area (Å²) in [5.74, 6) is 3.37. The first-order chi connectivity index (χ1) is 10.8. The standard InChI is InChI=1S/C17H32N4S/c18-16(20-9-5-1-2-6-10-20)19-15-17(7-3-4-8-17)21-11-13-22-14-12-21/h1-15H2,(H2,18,19). The molecule has 126 valence electrons. The maximum Gasteiger partial charge on any atom is 0.191 e. The Balaban J connectivity index is 1.63. The molecule has 4 nitrogen and oxygen atoms in total. The van der Waals surface area contributed by atoms with Crippen molar-refractivity contribution in [2.24, 2.45) is 10.7 Å². The van der Waals surface area contributed by atoms with Gasteiger partial charge in [0.15, 0.2) is 5.96 Å². The SMILES string of the molecule is NC(=NCC1(N2CCSCC2)CCCC1)N1CCCCCC1. The van der Waals surface area contributed by atoms with Gasteiger partial charge >= 0.3 is 0 Å². The summed E-state index contributed by atoms with van der Waals surface area (Å²) in [5.41, 5.74) is 6.65. The maximum atomic E-state index is 6.34. The molecule has 0 unspecified atom stereocenters. The summed E-state index contributed by atoms with van der Waals surface area (Å²) in [5, 5.41) is 0. The Morgan fingerprint density at radius 1 is 0.909 bits per heavy atom. The minimum Gasteiger partial charge on any atom is -0.370 e. The lowest BCUT2D eigenvalue weighted by atomic mass is 9.95. The van der Waals surface area contributed by atoms with Gasteiger partial charge in [0.2, 0.25) is 0 Å². The second kappa shape index (κ2) is 7.91. The highest BCUT2D eigenvalue weighted by Crippen LogP contribution is 2.37. The van der Waals surface area contributed by atoms with Crippen molar-refractivity contribution in [1.82, 2.24) is 9.80 Å². The van der Waals surface area contributed by atoms with Crippen LogP contribution in [0.25, 0.3) is 0 Å². The topological polar surface area (TPSA) is 44.9 Å². The van der Waals surface area contributed by atoms with Crippen molar-refractivity contribution >= 4 is 17.7 Å². The molecule has 0 amide bonds. The molecule has 2 heterocycles. The van der Waals surface area contributed by atoms with Crippen molar-refractivity contribution in [3.05, 3.63) is 0 Å². The monoisotopic (exact) mass is 324 g/mol. The summed E-state index contributed by atoms with van der Waals surface area (Å²) in [6.07, 6.45) is 10.6. The maximum absolute atomic E-state index is 6.34. The fourth-order valence-electron chi connectivity index (χ4n) is 4.27. The third-order valence-corrected chi connectivity index (χ3v) is 6.62. The predicted molar refractivity (Wildman–Crippen MR) is 96.6 cm³/mol. The van der Waals surface area contributed by atoms with Crippen LogP contribution in [0.3, 0.4) is 0 Å². The van der Waals surface area contributed by atoms with Crippen LogP contribution < -0.4 is 5.73 Å². The number of nitrogens with two attached hydrogens (primary N) is 1. The van der Waals surface area contributed by atoms with Crippen LogP contribution in [0.4, 0.5) is 0 Å². The van der Waals surface area contributed by atoms with Crippen molar-refractivity contribution in [2.45, 2.75) is 56.9 Å². The molecule has 1 aliphatic carbocycles. The van der Waals surface area contributed by atoms with Crippen molar-refractivity contribution in [1.29, 1.82) is 0 Å². The number of aliphatic imine (C=N–C) groups is 1. The molecule has 22 heavy (non-hydrogen) atoms. The number of hydrogen-bond acceptors (Lipinski definition) is 3. The van der Waals surface area contributed by atoms with E-state index in [0.29, 0.717) is 5.54 Å². The molecule has 0 bridgehead atoms. The van der Waals surface area contributed by atoms with E-state index in [1.165, 1.54) is 76.0 Å². The van der Waals surface area contributed by atoms with E-state index in [0.717, 1.165) is 25.6 Å². The lowest BCUT2D eigenvalue weighted by molar-refractivity contribution is 0.112. The summed E-state index contributed by atoms with van der Waals surface area (Å²) in [7, 11) is 0. The molecule has 0 spiro atoms. The van der Waals surface area contributed by atoms with E-state index in [2.05, 4.69) is 21.6 Å². The first-order valence-corrected chi connectivity index (χ1v) is 10.3. The van der Waals surface area contributed by atoms with E-state index < -0.39 is 0 Å². The fourth-order valence-corrected chi connectivity index (χ4v) is 5.18. The van der Waals surface area contributed by atoms with E-state index in [-0.39, 0.29) is 0 Å². The molecule has 0 aromatic rings. The number of rotatable bonds is 3. The van der Waals surface area contributed by atoms with Crippen molar-refractivity contribution < 1.29 is 0 Å². The number of hydrogen-bond donors (Lipinski definition) is 1. The fraction of sp³-hybridized carbons (Fsp3) is 0.941. The quantitative estimate of drug-likeness (QED) is 0.640. The molecule has 2 saturated heterocycles. The first kappa shape index (κ1) is 16.4. The Morgan fingerprint density at radius 2 is 1.55 bits per heavy atom. The minimum atomic E-state index is 0.317. The molecular weight excluding hydrogens is 292 g/mol. The van der Waals surface area contributed by atoms with Crippen molar-refractivity contribution in [3.63, 3.8) is 0 Å². The Kier molecular flexibility index (Phi) is 5.91. The molecule has 0 aromatic heterocycles. The van der Waals surface area contributed by atoms with Gasteiger partial charge in [0, 0.05) is 43.2 Å². The average molecular weight is 325 g/mol. The van der Waals surface area contributed by atoms with E-state index in [4.69, 9.17) is 10.7 Å². The molecule has 3 fully saturated rings. The largest absolute Gasteiger partial charge is 0.370 e. The van der Waals surface area contributed by atoms with Gasteiger partial charge in [-0.05, 0) is 25.7 Å². The first-order valence-electron chi connectivity index (χ1n) is 9.18. The number of thioether (sulfide) groups is 1. The molecule has 2 aliphatic heterocycles. The van der Waals surface area contributed by atoms with Gasteiger partial charge in [0.25, 0.3) is 0 Å². The van der Waals surface area contributed by atoms with Crippen LogP contribution in [-0.2, 0) is 0 Å². The normalized spacial score (nSPS) is 27.8. The highest BCUT2D eigenvalue weighted by Gasteiger charge is 2.39. The summed E-state index contributed by atoms with van der Waals surface area (Å²) in [6, 6.07) is 0. The number of likely N-dealkylation sites (tertiary alicyclic amines) is 1. The van der Waals surface area contributed by atoms with Gasteiger partial charge in [-0.15, -0.1) is 0 Å². The van der Waals surface area contributed by atoms with E-state index in [9.17, 15) is 0 Å². The Bertz CT molecular complexity index is 365. The van der Waals surface area contributed by atoms with Gasteiger partial charge in [-0.3, -0.25) is 9.89 Å². The van der Waals surface area contributed by atoms with E-state index in [1.54, 1.807) is 0 Å². The van der Waals surface area contributed by atoms with E-state index >= 15 is 0 Å². The summed E-state index contributed by atoms with van der Waals surface area (Å²) < 4.78 is 0. The molecule has 2 N–H and O–H groups in total. The highest BCUT2D eigenvalue weighted by molar-refractivity contribution is 7.99. The highest BCUT2D eigenvalue weighted by atomic mass is 32.2. The molecule has 1 saturated carbocycles. The van der Waals surface area contributed by atoms with Gasteiger partial charge in [-0.1, -0.05) is 25.7 Å². The summed E-state index contributed by atoms with van der Waals surface area (Å²) in [4.78, 5) is 9.94. The van der Waals surface area contributed by atoms with Crippen LogP contribution in [0.5, 0.6) is 0 Å². The van der Waals surface area contributed by atoms with Gasteiger partial charge in [0.1, 0.15) is 0 Å². The molecule has 5 heteroatoms. The second-order valence-electron chi connectivity index (χ2n) is 7.11. The lowest BCUT2D eigenvalue weighted by Gasteiger charge is -2.42. The zero-order valence-electron chi connectivity index (χ0n) is 13.9. The second-order valence-corrected chi connectivity index (χ2v) is 8.33. The molecule has 0 radical (unpaired) electrons. The smallest absolute Gasteiger partial charge is 0.191 e. The van der Waals surface area contributed by atoms with Gasteiger partial charge in [0.05, 0.1) is 6.54 Å². The average Bonchev–Trinajstić information content (AvgIpc) is 2.88. The van der Waals surface area contributed by atoms with Crippen molar-refractivity contribution in [3.8, 4) is 0 Å². The van der Waals surface area contributed by atoms with Gasteiger partial charge in [-0.25, -0.2) is 0 Å². The van der Waals surface area contributed by atoms with Gasteiger partial charge < -0.3 is 10.6 Å². The molecule has 0 aromatic carbocycles. The van der Waals surface area contributed by atoms with Crippen LogP contribution >= 0.6 is 11.8 Å². The Morgan fingerprint density at radius 3 is 2.18 bits per heavy atom. The lowest BCUT2D eigenvalue weighted by Crippen LogP contribution is -2.53. The molecule has 3 aliphatic rings. The Hall–Kier alpha value is -0.420. The zero-order valence-corrected chi connectivity index (χ0v) is 14.8. The minimum absolute atomic E-state index is 0.317. The molecule has 0 atom stereocenters. The number of guanidine groups is 1. The summed E-state index contributed by atoms with van der Waals surface area (Å²) in [6.45, 7) is 5.60.